The van der Waals surface area contributed by atoms with Crippen LogP contribution in [0.3, 0.4) is 0 Å². The molecule has 1 amide bonds. The molecule has 30 heavy (non-hydrogen) atoms. The fourth-order valence-corrected chi connectivity index (χ4v) is 4.93. The fraction of sp³-hybridized carbons (Fsp3) is 0.217. The van der Waals surface area contributed by atoms with Crippen molar-refractivity contribution in [1.82, 2.24) is 9.88 Å². The molecule has 1 aliphatic heterocycles. The Morgan fingerprint density at radius 1 is 1.00 bits per heavy atom. The average molecular weight is 438 g/mol. The van der Waals surface area contributed by atoms with Gasteiger partial charge in [0.2, 0.25) is 0 Å². The van der Waals surface area contributed by atoms with Crippen molar-refractivity contribution >= 4 is 55.7 Å². The first-order valence-electron chi connectivity index (χ1n) is 9.79. The van der Waals surface area contributed by atoms with Gasteiger partial charge < -0.3 is 14.5 Å². The van der Waals surface area contributed by atoms with Crippen LogP contribution in [0.15, 0.2) is 54.6 Å². The number of benzene rings is 2. The van der Waals surface area contributed by atoms with Crippen LogP contribution in [0, 0.1) is 0 Å². The van der Waals surface area contributed by atoms with Gasteiger partial charge in [-0.15, -0.1) is 11.3 Å². The summed E-state index contributed by atoms with van der Waals surface area (Å²) in [6.45, 7) is 3.00. The predicted octanol–water partition coefficient (Wildman–Crippen LogP) is 5.07. The van der Waals surface area contributed by atoms with Crippen LogP contribution in [0.5, 0.6) is 5.75 Å². The number of thiophene rings is 1. The normalized spacial score (nSPS) is 14.5. The number of piperazine rings is 1. The van der Waals surface area contributed by atoms with E-state index in [2.05, 4.69) is 11.0 Å². The van der Waals surface area contributed by atoms with Gasteiger partial charge in [0.15, 0.2) is 0 Å². The molecule has 3 heterocycles. The van der Waals surface area contributed by atoms with Crippen LogP contribution in [-0.4, -0.2) is 49.1 Å². The Hall–Kier alpha value is -2.83. The topological polar surface area (TPSA) is 45.7 Å². The van der Waals surface area contributed by atoms with E-state index in [9.17, 15) is 4.79 Å². The number of carbonyl (C=O) groups excluding carboxylic acids is 1. The van der Waals surface area contributed by atoms with E-state index in [1.165, 1.54) is 11.3 Å². The highest BCUT2D eigenvalue weighted by Crippen LogP contribution is 2.30. The van der Waals surface area contributed by atoms with Crippen LogP contribution >= 0.6 is 22.9 Å². The molecule has 0 atom stereocenters. The number of fused-ring (bicyclic) bond motifs is 2. The summed E-state index contributed by atoms with van der Waals surface area (Å²) >= 11 is 7.44. The molecule has 5 rings (SSSR count). The molecule has 2 aromatic heterocycles. The van der Waals surface area contributed by atoms with Crippen LogP contribution < -0.4 is 9.64 Å². The van der Waals surface area contributed by atoms with E-state index in [1.54, 1.807) is 7.11 Å². The number of carbonyl (C=O) groups is 1. The quantitative estimate of drug-likeness (QED) is 0.448. The molecule has 4 aromatic rings. The maximum absolute atomic E-state index is 13.1. The third-order valence-corrected chi connectivity index (χ3v) is 6.76. The number of amides is 1. The van der Waals surface area contributed by atoms with Gasteiger partial charge in [-0.05, 0) is 48.5 Å². The van der Waals surface area contributed by atoms with E-state index in [-0.39, 0.29) is 5.91 Å². The molecule has 0 saturated carbocycles. The summed E-state index contributed by atoms with van der Waals surface area (Å²) in [4.78, 5) is 23.7. The molecule has 2 aromatic carbocycles. The Morgan fingerprint density at radius 2 is 1.77 bits per heavy atom. The highest BCUT2D eigenvalue weighted by atomic mass is 35.5. The Labute approximate surface area is 183 Å². The second kappa shape index (κ2) is 7.78. The summed E-state index contributed by atoms with van der Waals surface area (Å²) in [5.41, 5.74) is 2.01. The number of anilines is 1. The van der Waals surface area contributed by atoms with Gasteiger partial charge in [0.1, 0.15) is 10.6 Å². The molecular formula is C23H20ClN3O2S. The third kappa shape index (κ3) is 3.57. The number of halogens is 1. The third-order valence-electron chi connectivity index (χ3n) is 5.48. The summed E-state index contributed by atoms with van der Waals surface area (Å²) in [6, 6.07) is 17.7. The molecule has 152 valence electrons. The molecule has 1 aliphatic rings. The van der Waals surface area contributed by atoms with Crippen LogP contribution in [0.4, 0.5) is 5.69 Å². The molecule has 0 unspecified atom stereocenters. The number of nitrogens with zero attached hydrogens (tertiary/aromatic N) is 3. The zero-order chi connectivity index (χ0) is 20.7. The second-order valence-electron chi connectivity index (χ2n) is 7.31. The first-order chi connectivity index (χ1) is 14.6. The number of aromatic nitrogens is 1. The zero-order valence-corrected chi connectivity index (χ0v) is 18.0. The lowest BCUT2D eigenvalue weighted by atomic mass is 10.2. The summed E-state index contributed by atoms with van der Waals surface area (Å²) in [5, 5.41) is 2.77. The molecule has 0 spiro atoms. The maximum Gasteiger partial charge on any atom is 0.264 e. The number of hydrogen-bond donors (Lipinski definition) is 0. The average Bonchev–Trinajstić information content (AvgIpc) is 3.20. The molecule has 0 N–H and O–H groups in total. The minimum absolute atomic E-state index is 0.0791. The van der Waals surface area contributed by atoms with E-state index < -0.39 is 0 Å². The first kappa shape index (κ1) is 19.2. The Kier molecular flexibility index (Phi) is 4.97. The highest BCUT2D eigenvalue weighted by Gasteiger charge is 2.24. The van der Waals surface area contributed by atoms with E-state index in [0.29, 0.717) is 13.1 Å². The molecule has 5 nitrogen and oxygen atoms in total. The van der Waals surface area contributed by atoms with Crippen molar-refractivity contribution < 1.29 is 9.53 Å². The van der Waals surface area contributed by atoms with E-state index in [1.807, 2.05) is 53.4 Å². The fourth-order valence-electron chi connectivity index (χ4n) is 3.81. The molecule has 0 bridgehead atoms. The van der Waals surface area contributed by atoms with Gasteiger partial charge in [0.25, 0.3) is 5.91 Å². The molecule has 0 radical (unpaired) electrons. The van der Waals surface area contributed by atoms with Crippen LogP contribution in [0.2, 0.25) is 5.02 Å². The number of ether oxygens (including phenoxy) is 1. The largest absolute Gasteiger partial charge is 0.497 e. The van der Waals surface area contributed by atoms with Crippen LogP contribution in [-0.2, 0) is 0 Å². The standard InChI is InChI=1S/C23H20ClN3O2S/c1-29-19-7-2-15-12-16-13-21(30-22(16)25-20(15)14-19)23(28)27-10-8-26(9-11-27)18-5-3-17(24)4-6-18/h2-7,12-14H,8-11H2,1H3. The predicted molar refractivity (Wildman–Crippen MR) is 123 cm³/mol. The van der Waals surface area contributed by atoms with Crippen molar-refractivity contribution in [3.05, 3.63) is 64.5 Å². The van der Waals surface area contributed by atoms with Crippen molar-refractivity contribution in [2.24, 2.45) is 0 Å². The lowest BCUT2D eigenvalue weighted by Crippen LogP contribution is -2.48. The highest BCUT2D eigenvalue weighted by molar-refractivity contribution is 7.20. The molecular weight excluding hydrogens is 418 g/mol. The van der Waals surface area contributed by atoms with Gasteiger partial charge in [0, 0.05) is 53.7 Å². The number of hydrogen-bond acceptors (Lipinski definition) is 5. The van der Waals surface area contributed by atoms with E-state index in [0.717, 1.165) is 55.5 Å². The van der Waals surface area contributed by atoms with Crippen molar-refractivity contribution in [2.75, 3.05) is 38.2 Å². The van der Waals surface area contributed by atoms with Crippen molar-refractivity contribution in [2.45, 2.75) is 0 Å². The SMILES string of the molecule is COc1ccc2cc3cc(C(=O)N4CCN(c5ccc(Cl)cc5)CC4)sc3nc2c1. The lowest BCUT2D eigenvalue weighted by molar-refractivity contribution is 0.0751. The zero-order valence-electron chi connectivity index (χ0n) is 16.5. The van der Waals surface area contributed by atoms with Crippen molar-refractivity contribution in [3.8, 4) is 5.75 Å². The van der Waals surface area contributed by atoms with Crippen LogP contribution in [0.25, 0.3) is 21.1 Å². The van der Waals surface area contributed by atoms with E-state index >= 15 is 0 Å². The lowest BCUT2D eigenvalue weighted by Gasteiger charge is -2.36. The Balaban J connectivity index is 1.34. The van der Waals surface area contributed by atoms with Crippen LogP contribution in [0.1, 0.15) is 9.67 Å². The first-order valence-corrected chi connectivity index (χ1v) is 11.0. The molecule has 0 aliphatic carbocycles. The molecule has 7 heteroatoms. The minimum atomic E-state index is 0.0791. The molecule has 1 fully saturated rings. The Bertz CT molecular complexity index is 1230. The molecule has 1 saturated heterocycles. The van der Waals surface area contributed by atoms with Crippen molar-refractivity contribution in [3.63, 3.8) is 0 Å². The number of methoxy groups -OCH3 is 1. The van der Waals surface area contributed by atoms with Crippen molar-refractivity contribution in [1.29, 1.82) is 0 Å². The van der Waals surface area contributed by atoms with Gasteiger partial charge >= 0.3 is 0 Å². The minimum Gasteiger partial charge on any atom is -0.497 e. The maximum atomic E-state index is 13.1. The second-order valence-corrected chi connectivity index (χ2v) is 8.77. The van der Waals surface area contributed by atoms with Gasteiger partial charge in [0.05, 0.1) is 17.5 Å². The summed E-state index contributed by atoms with van der Waals surface area (Å²) < 4.78 is 5.30. The van der Waals surface area contributed by atoms with E-state index in [4.69, 9.17) is 21.3 Å². The van der Waals surface area contributed by atoms with Gasteiger partial charge in [-0.2, -0.15) is 0 Å². The monoisotopic (exact) mass is 437 g/mol. The summed E-state index contributed by atoms with van der Waals surface area (Å²) in [6.07, 6.45) is 0. The smallest absolute Gasteiger partial charge is 0.264 e. The number of pyridine rings is 1. The van der Waals surface area contributed by atoms with Gasteiger partial charge in [-0.25, -0.2) is 4.98 Å². The Morgan fingerprint density at radius 3 is 2.50 bits per heavy atom. The van der Waals surface area contributed by atoms with Gasteiger partial charge in [-0.3, -0.25) is 4.79 Å². The summed E-state index contributed by atoms with van der Waals surface area (Å²) in [5.74, 6) is 0.858. The van der Waals surface area contributed by atoms with Gasteiger partial charge in [-0.1, -0.05) is 11.6 Å². The summed E-state index contributed by atoms with van der Waals surface area (Å²) in [7, 11) is 1.65. The number of rotatable bonds is 3.